The minimum absolute atomic E-state index is 0.0232. The van der Waals surface area contributed by atoms with Gasteiger partial charge in [-0.2, -0.15) is 0 Å². The molecule has 0 unspecified atom stereocenters. The Bertz CT molecular complexity index is 1440. The molecule has 0 saturated carbocycles. The number of hydrogen-bond acceptors (Lipinski definition) is 7. The summed E-state index contributed by atoms with van der Waals surface area (Å²) >= 11 is 0. The number of allylic oxidation sites excluding steroid dienone is 1. The van der Waals surface area contributed by atoms with E-state index < -0.39 is 9.85 Å². The maximum atomic E-state index is 12.2. The average Bonchev–Trinajstić information content (AvgIpc) is 2.99. The first-order valence-electron chi connectivity index (χ1n) is 12.3. The third-order valence-electron chi connectivity index (χ3n) is 5.32. The molecule has 0 aliphatic carbocycles. The fraction of sp³-hybridized carbons (Fsp3) is 0.0968. The highest BCUT2D eigenvalue weighted by Gasteiger charge is 2.11. The second-order valence-corrected chi connectivity index (χ2v) is 7.80. The monoisotopic (exact) mass is 540 g/mol. The number of benzene rings is 4. The van der Waals surface area contributed by atoms with Crippen LogP contribution in [0.1, 0.15) is 42.3 Å². The van der Waals surface area contributed by atoms with Gasteiger partial charge in [-0.1, -0.05) is 62.4 Å². The number of nitro benzene ring substituents is 2. The molecule has 9 heteroatoms. The Balaban J connectivity index is 0.000000265. The molecule has 0 fully saturated rings. The fourth-order valence-electron chi connectivity index (χ4n) is 3.40. The highest BCUT2D eigenvalue weighted by atomic mass is 16.6. The van der Waals surface area contributed by atoms with Crippen molar-refractivity contribution in [2.45, 2.75) is 20.8 Å². The third kappa shape index (κ3) is 8.84. The average molecular weight is 541 g/mol. The van der Waals surface area contributed by atoms with Crippen LogP contribution in [0.5, 0.6) is 5.75 Å². The molecule has 0 bridgehead atoms. The van der Waals surface area contributed by atoms with Crippen LogP contribution in [-0.2, 0) is 4.79 Å². The highest BCUT2D eigenvalue weighted by molar-refractivity contribution is 6.09. The van der Waals surface area contributed by atoms with Crippen molar-refractivity contribution in [3.63, 3.8) is 0 Å². The van der Waals surface area contributed by atoms with E-state index in [9.17, 15) is 29.8 Å². The lowest BCUT2D eigenvalue weighted by molar-refractivity contribution is -0.385. The second kappa shape index (κ2) is 15.7. The molecule has 204 valence electrons. The van der Waals surface area contributed by atoms with Gasteiger partial charge in [-0.3, -0.25) is 29.8 Å². The summed E-state index contributed by atoms with van der Waals surface area (Å²) in [4.78, 5) is 42.5. The highest BCUT2D eigenvalue weighted by Crippen LogP contribution is 2.24. The first-order valence-corrected chi connectivity index (χ1v) is 12.3. The van der Waals surface area contributed by atoms with E-state index in [0.717, 1.165) is 16.7 Å². The topological polar surface area (TPSA) is 130 Å². The van der Waals surface area contributed by atoms with Crippen LogP contribution in [0.15, 0.2) is 103 Å². The molecule has 0 aromatic heterocycles. The van der Waals surface area contributed by atoms with Crippen LogP contribution in [0.3, 0.4) is 0 Å². The molecule has 0 radical (unpaired) electrons. The van der Waals surface area contributed by atoms with Gasteiger partial charge in [0.1, 0.15) is 5.75 Å². The Labute approximate surface area is 231 Å². The van der Waals surface area contributed by atoms with Crippen molar-refractivity contribution < 1.29 is 24.2 Å². The SMILES string of the molecule is C/C=C/c1ccc(C(=O)c2ccc([N+](=O)[O-])cc2)cc1.CC.O=COc1ccc(-c2ccc([N+](=O)[O-])cc2)cc1. The quantitative estimate of drug-likeness (QED) is 0.0969. The second-order valence-electron chi connectivity index (χ2n) is 7.80. The van der Waals surface area contributed by atoms with Crippen LogP contribution in [0.2, 0.25) is 0 Å². The van der Waals surface area contributed by atoms with Crippen molar-refractivity contribution >= 4 is 29.7 Å². The van der Waals surface area contributed by atoms with Crippen molar-refractivity contribution in [2.24, 2.45) is 0 Å². The van der Waals surface area contributed by atoms with Crippen molar-refractivity contribution in [2.75, 3.05) is 0 Å². The van der Waals surface area contributed by atoms with E-state index in [1.54, 1.807) is 48.5 Å². The Hall–Kier alpha value is -5.44. The first-order chi connectivity index (χ1) is 19.3. The molecule has 0 saturated heterocycles. The minimum atomic E-state index is -0.486. The van der Waals surface area contributed by atoms with Gasteiger partial charge in [-0.15, -0.1) is 0 Å². The summed E-state index contributed by atoms with van der Waals surface area (Å²) < 4.78 is 4.68. The molecular formula is C31H28N2O7. The molecule has 0 aliphatic rings. The number of rotatable bonds is 8. The smallest absolute Gasteiger partial charge is 0.298 e. The standard InChI is InChI=1S/C16H13NO3.C13H9NO4.C2H6/c1-2-3-12-4-6-13(7-5-12)16(18)14-8-10-15(11-9-14)17(19)20;15-9-18-13-7-3-11(4-8-13)10-1-5-12(6-2-10)14(16)17;1-2/h2-11H,1H3;1-9H;1-2H3/b3-2+;;. The predicted molar refractivity (Wildman–Crippen MR) is 154 cm³/mol. The molecule has 0 N–H and O–H groups in total. The maximum Gasteiger partial charge on any atom is 0.298 e. The number of ether oxygens (including phenoxy) is 1. The molecule has 0 spiro atoms. The van der Waals surface area contributed by atoms with Crippen LogP contribution in [0.25, 0.3) is 17.2 Å². The van der Waals surface area contributed by atoms with E-state index in [1.807, 2.05) is 45.1 Å². The van der Waals surface area contributed by atoms with E-state index >= 15 is 0 Å². The van der Waals surface area contributed by atoms with Crippen LogP contribution >= 0.6 is 0 Å². The van der Waals surface area contributed by atoms with Crippen LogP contribution in [0.4, 0.5) is 11.4 Å². The van der Waals surface area contributed by atoms with Gasteiger partial charge in [0, 0.05) is 35.4 Å². The maximum absolute atomic E-state index is 12.2. The van der Waals surface area contributed by atoms with Crippen molar-refractivity contribution in [3.05, 3.63) is 140 Å². The summed E-state index contributed by atoms with van der Waals surface area (Å²) in [5.74, 6) is 0.308. The lowest BCUT2D eigenvalue weighted by Crippen LogP contribution is -2.01. The lowest BCUT2D eigenvalue weighted by atomic mass is 10.0. The van der Waals surface area contributed by atoms with Gasteiger partial charge < -0.3 is 4.74 Å². The summed E-state index contributed by atoms with van der Waals surface area (Å²) in [7, 11) is 0. The summed E-state index contributed by atoms with van der Waals surface area (Å²) in [6.07, 6.45) is 3.87. The lowest BCUT2D eigenvalue weighted by Gasteiger charge is -2.02. The molecule has 0 amide bonds. The number of carbonyl (C=O) groups excluding carboxylic acids is 2. The molecule has 4 rings (SSSR count). The summed E-state index contributed by atoms with van der Waals surface area (Å²) in [6, 6.07) is 26.0. The number of carbonyl (C=O) groups is 2. The fourth-order valence-corrected chi connectivity index (χ4v) is 3.40. The summed E-state index contributed by atoms with van der Waals surface area (Å²) in [6.45, 7) is 6.29. The van der Waals surface area contributed by atoms with Gasteiger partial charge in [0.05, 0.1) is 9.85 Å². The molecule has 0 aliphatic heterocycles. The van der Waals surface area contributed by atoms with Gasteiger partial charge in [-0.25, -0.2) is 0 Å². The predicted octanol–water partition coefficient (Wildman–Crippen LogP) is 7.68. The van der Waals surface area contributed by atoms with Crippen molar-refractivity contribution in [3.8, 4) is 16.9 Å². The Kier molecular flexibility index (Phi) is 12.1. The molecule has 4 aromatic carbocycles. The number of hydrogen-bond donors (Lipinski definition) is 0. The Morgan fingerprint density at radius 2 is 1.07 bits per heavy atom. The minimum Gasteiger partial charge on any atom is -0.429 e. The van der Waals surface area contributed by atoms with Gasteiger partial charge >= 0.3 is 0 Å². The van der Waals surface area contributed by atoms with Gasteiger partial charge in [0.25, 0.3) is 17.8 Å². The molecule has 0 atom stereocenters. The van der Waals surface area contributed by atoms with E-state index in [2.05, 4.69) is 4.74 Å². The number of ketones is 1. The molecule has 40 heavy (non-hydrogen) atoms. The Morgan fingerprint density at radius 3 is 1.48 bits per heavy atom. The summed E-state index contributed by atoms with van der Waals surface area (Å²) in [5.41, 5.74) is 3.81. The Morgan fingerprint density at radius 1 is 0.675 bits per heavy atom. The first kappa shape index (κ1) is 30.8. The molecule has 0 heterocycles. The van der Waals surface area contributed by atoms with E-state index in [1.165, 1.54) is 36.4 Å². The zero-order valence-electron chi connectivity index (χ0n) is 22.2. The third-order valence-corrected chi connectivity index (χ3v) is 5.32. The largest absolute Gasteiger partial charge is 0.429 e. The van der Waals surface area contributed by atoms with Gasteiger partial charge in [0.15, 0.2) is 5.78 Å². The molecule has 9 nitrogen and oxygen atoms in total. The van der Waals surface area contributed by atoms with E-state index in [0.29, 0.717) is 23.3 Å². The van der Waals surface area contributed by atoms with Crippen LogP contribution in [-0.4, -0.2) is 22.1 Å². The molecule has 4 aromatic rings. The normalized spacial score (nSPS) is 9.88. The zero-order chi connectivity index (χ0) is 29.5. The van der Waals surface area contributed by atoms with Crippen LogP contribution in [0, 0.1) is 20.2 Å². The van der Waals surface area contributed by atoms with Crippen LogP contribution < -0.4 is 4.74 Å². The van der Waals surface area contributed by atoms with Crippen molar-refractivity contribution in [1.29, 1.82) is 0 Å². The van der Waals surface area contributed by atoms with Gasteiger partial charge in [-0.05, 0) is 60.0 Å². The van der Waals surface area contributed by atoms with Crippen molar-refractivity contribution in [1.82, 2.24) is 0 Å². The van der Waals surface area contributed by atoms with E-state index in [4.69, 9.17) is 0 Å². The van der Waals surface area contributed by atoms with E-state index in [-0.39, 0.29) is 17.2 Å². The number of non-ortho nitro benzene ring substituents is 2. The number of nitro groups is 2. The zero-order valence-corrected chi connectivity index (χ0v) is 22.2. The van der Waals surface area contributed by atoms with Gasteiger partial charge in [0.2, 0.25) is 0 Å². The summed E-state index contributed by atoms with van der Waals surface area (Å²) in [5, 5.41) is 21.1. The molecular weight excluding hydrogens is 512 g/mol. The number of nitrogens with zero attached hydrogens (tertiary/aromatic N) is 2.